The molecule has 0 fully saturated rings. The number of hydrogen-bond acceptors (Lipinski definition) is 3. The van der Waals surface area contributed by atoms with E-state index in [-0.39, 0.29) is 18.1 Å². The molecule has 23 heavy (non-hydrogen) atoms. The van der Waals surface area contributed by atoms with Crippen LogP contribution in [0.15, 0.2) is 47.4 Å². The van der Waals surface area contributed by atoms with Gasteiger partial charge in [0.2, 0.25) is 5.91 Å². The summed E-state index contributed by atoms with van der Waals surface area (Å²) in [6.45, 7) is 0.717. The van der Waals surface area contributed by atoms with Gasteiger partial charge in [0, 0.05) is 17.5 Å². The Morgan fingerprint density at radius 3 is 2.48 bits per heavy atom. The number of likely N-dealkylation sites (N-methyl/N-ethyl adjacent to an activating group) is 1. The molecule has 0 aliphatic heterocycles. The molecule has 0 aliphatic rings. The smallest absolute Gasteiger partial charge is 0.238 e. The number of carbonyl (C=O) groups excluding carboxylic acids is 1. The molecule has 2 aromatic rings. The quantitative estimate of drug-likeness (QED) is 0.815. The number of nitrogens with zero attached hydrogens (tertiary/aromatic N) is 1. The molecule has 0 saturated carbocycles. The van der Waals surface area contributed by atoms with E-state index in [1.807, 2.05) is 42.5 Å². The van der Waals surface area contributed by atoms with E-state index in [9.17, 15) is 13.6 Å². The third-order valence-electron chi connectivity index (χ3n) is 3.23. The number of anilines is 1. The van der Waals surface area contributed by atoms with Gasteiger partial charge in [0.05, 0.1) is 12.2 Å². The van der Waals surface area contributed by atoms with Gasteiger partial charge in [-0.25, -0.2) is 8.78 Å². The number of rotatable bonds is 6. The summed E-state index contributed by atoms with van der Waals surface area (Å²) in [5.41, 5.74) is 1.07. The van der Waals surface area contributed by atoms with Crippen LogP contribution in [-0.4, -0.2) is 30.7 Å². The maximum absolute atomic E-state index is 13.5. The SMILES string of the molecule is CSc1ccc(CN(C)CC(=O)Nc2ccc(F)cc2F)cc1. The van der Waals surface area contributed by atoms with E-state index < -0.39 is 11.6 Å². The molecule has 0 atom stereocenters. The number of benzene rings is 2. The van der Waals surface area contributed by atoms with Gasteiger partial charge in [0.25, 0.3) is 0 Å². The van der Waals surface area contributed by atoms with Crippen molar-refractivity contribution in [1.82, 2.24) is 4.90 Å². The second kappa shape index (κ2) is 8.08. The van der Waals surface area contributed by atoms with E-state index in [4.69, 9.17) is 0 Å². The third kappa shape index (κ3) is 5.33. The maximum Gasteiger partial charge on any atom is 0.238 e. The van der Waals surface area contributed by atoms with Crippen molar-refractivity contribution in [3.63, 3.8) is 0 Å². The van der Waals surface area contributed by atoms with Crippen molar-refractivity contribution in [3.05, 3.63) is 59.7 Å². The van der Waals surface area contributed by atoms with Crippen LogP contribution in [-0.2, 0) is 11.3 Å². The van der Waals surface area contributed by atoms with Crippen molar-refractivity contribution < 1.29 is 13.6 Å². The highest BCUT2D eigenvalue weighted by molar-refractivity contribution is 7.98. The molecule has 2 aromatic carbocycles. The van der Waals surface area contributed by atoms with Crippen molar-refractivity contribution >= 4 is 23.4 Å². The number of amides is 1. The Hall–Kier alpha value is -1.92. The van der Waals surface area contributed by atoms with Crippen LogP contribution >= 0.6 is 11.8 Å². The van der Waals surface area contributed by atoms with Crippen molar-refractivity contribution in [2.45, 2.75) is 11.4 Å². The summed E-state index contributed by atoms with van der Waals surface area (Å²) in [7, 11) is 1.81. The van der Waals surface area contributed by atoms with Crippen molar-refractivity contribution in [1.29, 1.82) is 0 Å². The number of halogens is 2. The van der Waals surface area contributed by atoms with E-state index in [0.717, 1.165) is 17.7 Å². The average molecular weight is 336 g/mol. The second-order valence-electron chi connectivity index (χ2n) is 5.19. The van der Waals surface area contributed by atoms with Crippen molar-refractivity contribution in [2.75, 3.05) is 25.2 Å². The van der Waals surface area contributed by atoms with Crippen LogP contribution in [0.5, 0.6) is 0 Å². The molecule has 1 amide bonds. The first-order valence-electron chi connectivity index (χ1n) is 7.04. The highest BCUT2D eigenvalue weighted by Crippen LogP contribution is 2.16. The largest absolute Gasteiger partial charge is 0.322 e. The van der Waals surface area contributed by atoms with E-state index in [2.05, 4.69) is 5.32 Å². The van der Waals surface area contributed by atoms with Crippen molar-refractivity contribution in [3.8, 4) is 0 Å². The minimum atomic E-state index is -0.784. The summed E-state index contributed by atoms with van der Waals surface area (Å²) in [5.74, 6) is -1.81. The zero-order valence-electron chi connectivity index (χ0n) is 13.0. The molecule has 0 spiro atoms. The van der Waals surface area contributed by atoms with Gasteiger partial charge in [0.1, 0.15) is 11.6 Å². The Kier molecular flexibility index (Phi) is 6.12. The van der Waals surface area contributed by atoms with Crippen LogP contribution in [0.3, 0.4) is 0 Å². The Morgan fingerprint density at radius 2 is 1.87 bits per heavy atom. The topological polar surface area (TPSA) is 32.3 Å². The molecular weight excluding hydrogens is 318 g/mol. The van der Waals surface area contributed by atoms with Crippen LogP contribution in [0, 0.1) is 11.6 Å². The zero-order chi connectivity index (χ0) is 16.8. The van der Waals surface area contributed by atoms with E-state index in [1.165, 1.54) is 11.0 Å². The monoisotopic (exact) mass is 336 g/mol. The molecule has 0 aliphatic carbocycles. The predicted octanol–water partition coefficient (Wildman–Crippen LogP) is 3.76. The van der Waals surface area contributed by atoms with Gasteiger partial charge < -0.3 is 5.32 Å². The van der Waals surface area contributed by atoms with Crippen LogP contribution in [0.4, 0.5) is 14.5 Å². The molecule has 0 saturated heterocycles. The first-order chi connectivity index (χ1) is 11.0. The molecule has 0 heterocycles. The molecule has 1 N–H and O–H groups in total. The van der Waals surface area contributed by atoms with Crippen LogP contribution in [0.2, 0.25) is 0 Å². The number of hydrogen-bond donors (Lipinski definition) is 1. The van der Waals surface area contributed by atoms with Gasteiger partial charge in [-0.2, -0.15) is 0 Å². The number of thioether (sulfide) groups is 1. The van der Waals surface area contributed by atoms with Crippen LogP contribution in [0.25, 0.3) is 0 Å². The highest BCUT2D eigenvalue weighted by Gasteiger charge is 2.10. The lowest BCUT2D eigenvalue weighted by Crippen LogP contribution is -2.30. The molecule has 0 radical (unpaired) electrons. The van der Waals surface area contributed by atoms with E-state index in [1.54, 1.807) is 11.8 Å². The fourth-order valence-electron chi connectivity index (χ4n) is 2.12. The third-order valence-corrected chi connectivity index (χ3v) is 3.97. The molecule has 2 rings (SSSR count). The van der Waals surface area contributed by atoms with Gasteiger partial charge in [0.15, 0.2) is 0 Å². The lowest BCUT2D eigenvalue weighted by atomic mass is 10.2. The highest BCUT2D eigenvalue weighted by atomic mass is 32.2. The number of nitrogens with one attached hydrogen (secondary N) is 1. The normalized spacial score (nSPS) is 10.8. The fraction of sp³-hybridized carbons (Fsp3) is 0.235. The Labute approximate surface area is 138 Å². The fourth-order valence-corrected chi connectivity index (χ4v) is 2.53. The Bertz CT molecular complexity index is 677. The van der Waals surface area contributed by atoms with Crippen LogP contribution in [0.1, 0.15) is 5.56 Å². The molecule has 122 valence electrons. The molecule has 0 unspecified atom stereocenters. The maximum atomic E-state index is 13.5. The molecule has 0 bridgehead atoms. The van der Waals surface area contributed by atoms with Gasteiger partial charge >= 0.3 is 0 Å². The second-order valence-corrected chi connectivity index (χ2v) is 6.07. The predicted molar refractivity (Wildman–Crippen MR) is 89.5 cm³/mol. The zero-order valence-corrected chi connectivity index (χ0v) is 13.8. The summed E-state index contributed by atoms with van der Waals surface area (Å²) in [4.78, 5) is 14.9. The van der Waals surface area contributed by atoms with Gasteiger partial charge in [-0.15, -0.1) is 11.8 Å². The first kappa shape index (κ1) is 17.4. The average Bonchev–Trinajstić information content (AvgIpc) is 2.50. The van der Waals surface area contributed by atoms with Crippen LogP contribution < -0.4 is 5.32 Å². The van der Waals surface area contributed by atoms with E-state index in [0.29, 0.717) is 6.54 Å². The summed E-state index contributed by atoms with van der Waals surface area (Å²) in [6.07, 6.45) is 2.01. The molecule has 6 heteroatoms. The summed E-state index contributed by atoms with van der Waals surface area (Å²) < 4.78 is 26.3. The van der Waals surface area contributed by atoms with E-state index >= 15 is 0 Å². The Balaban J connectivity index is 1.88. The van der Waals surface area contributed by atoms with Gasteiger partial charge in [-0.05, 0) is 43.1 Å². The molecule has 3 nitrogen and oxygen atoms in total. The first-order valence-corrected chi connectivity index (χ1v) is 8.27. The van der Waals surface area contributed by atoms with Crippen molar-refractivity contribution in [2.24, 2.45) is 0 Å². The van der Waals surface area contributed by atoms with Gasteiger partial charge in [-0.1, -0.05) is 12.1 Å². The van der Waals surface area contributed by atoms with Gasteiger partial charge in [-0.3, -0.25) is 9.69 Å². The summed E-state index contributed by atoms with van der Waals surface area (Å²) in [5, 5.41) is 2.45. The lowest BCUT2D eigenvalue weighted by Gasteiger charge is -2.16. The summed E-state index contributed by atoms with van der Waals surface area (Å²) in [6, 6.07) is 11.1. The minimum Gasteiger partial charge on any atom is -0.322 e. The lowest BCUT2D eigenvalue weighted by molar-refractivity contribution is -0.117. The summed E-state index contributed by atoms with van der Waals surface area (Å²) >= 11 is 1.67. The minimum absolute atomic E-state index is 0.0193. The molecule has 0 aromatic heterocycles. The number of carbonyl (C=O) groups is 1. The standard InChI is InChI=1S/C17H18F2N2OS/c1-21(10-12-3-6-14(23-2)7-4-12)11-17(22)20-16-8-5-13(18)9-15(16)19/h3-9H,10-11H2,1-2H3,(H,20,22). The molecular formula is C17H18F2N2OS. The Morgan fingerprint density at radius 1 is 1.17 bits per heavy atom.